The molecule has 1 aliphatic rings. The number of aromatic amines is 1. The van der Waals surface area contributed by atoms with E-state index in [1.807, 2.05) is 93.5 Å². The lowest BCUT2D eigenvalue weighted by molar-refractivity contribution is -0.137. The van der Waals surface area contributed by atoms with Crippen LogP contribution in [0.1, 0.15) is 46.2 Å². The van der Waals surface area contributed by atoms with E-state index < -0.39 is 5.60 Å². The van der Waals surface area contributed by atoms with E-state index >= 15 is 0 Å². The Balaban J connectivity index is 1.57. The number of carbonyl (C=O) groups excluding carboxylic acids is 2. The van der Waals surface area contributed by atoms with Crippen molar-refractivity contribution in [3.8, 4) is 12.3 Å². The van der Waals surface area contributed by atoms with E-state index in [2.05, 4.69) is 43.0 Å². The van der Waals surface area contributed by atoms with Crippen molar-refractivity contribution in [3.05, 3.63) is 90.4 Å². The van der Waals surface area contributed by atoms with E-state index in [-0.39, 0.29) is 18.4 Å². The lowest BCUT2D eigenvalue weighted by atomic mass is 10.00. The minimum absolute atomic E-state index is 0.0206. The van der Waals surface area contributed by atoms with Crippen LogP contribution in [0.25, 0.3) is 17.0 Å². The monoisotopic (exact) mass is 690 g/mol. The third-order valence-corrected chi connectivity index (χ3v) is 8.40. The van der Waals surface area contributed by atoms with E-state index in [4.69, 9.17) is 11.2 Å². The maximum absolute atomic E-state index is 13.5. The maximum atomic E-state index is 13.5. The average Bonchev–Trinajstić information content (AvgIpc) is 3.33. The molecule has 0 fully saturated rings. The summed E-state index contributed by atoms with van der Waals surface area (Å²) in [6.07, 6.45) is 25.0. The zero-order valence-electron chi connectivity index (χ0n) is 30.6. The van der Waals surface area contributed by atoms with E-state index in [0.717, 1.165) is 39.3 Å². The first-order chi connectivity index (χ1) is 24.5. The Labute approximate surface area is 302 Å². The number of nitrogens with one attached hydrogen (secondary N) is 2. The van der Waals surface area contributed by atoms with Crippen LogP contribution in [0.2, 0.25) is 0 Å². The number of terminal acetylenes is 1. The topological polar surface area (TPSA) is 128 Å². The third-order valence-electron chi connectivity index (χ3n) is 8.40. The SMILES string of the molecule is C#C/C=C(\C=C/CC1=NCC=CC=N1)C(/C)=C/CN(CC)C(=O)CN(C)CC[C@@](C)(OC)C(=O)Nc1ccc2[nH]nc(/C=C/C(C)=NC=C)c2c1. The third kappa shape index (κ3) is 12.4. The van der Waals surface area contributed by atoms with E-state index in [1.54, 1.807) is 24.1 Å². The van der Waals surface area contributed by atoms with Crippen molar-refractivity contribution in [1.29, 1.82) is 0 Å². The fourth-order valence-corrected chi connectivity index (χ4v) is 5.03. The molecule has 0 spiro atoms. The highest BCUT2D eigenvalue weighted by atomic mass is 16.5. The molecule has 0 radical (unpaired) electrons. The Morgan fingerprint density at radius 2 is 2.08 bits per heavy atom. The van der Waals surface area contributed by atoms with Gasteiger partial charge >= 0.3 is 0 Å². The van der Waals surface area contributed by atoms with Crippen LogP contribution < -0.4 is 5.32 Å². The molecule has 2 aromatic rings. The molecular formula is C40H50N8O3. The lowest BCUT2D eigenvalue weighted by Gasteiger charge is -2.30. The Kier molecular flexibility index (Phi) is 15.9. The summed E-state index contributed by atoms with van der Waals surface area (Å²) in [4.78, 5) is 43.4. The van der Waals surface area contributed by atoms with Crippen molar-refractivity contribution in [2.45, 2.75) is 46.1 Å². The van der Waals surface area contributed by atoms with Crippen LogP contribution in [0.15, 0.2) is 99.6 Å². The minimum Gasteiger partial charge on any atom is -0.369 e. The number of ether oxygens (including phenoxy) is 1. The second kappa shape index (κ2) is 20.3. The second-order valence-electron chi connectivity index (χ2n) is 12.2. The Morgan fingerprint density at radius 1 is 1.27 bits per heavy atom. The number of carbonyl (C=O) groups is 2. The molecule has 2 N–H and O–H groups in total. The van der Waals surface area contributed by atoms with Crippen LogP contribution in [-0.2, 0) is 14.3 Å². The van der Waals surface area contributed by atoms with Crippen molar-refractivity contribution in [1.82, 2.24) is 20.0 Å². The van der Waals surface area contributed by atoms with Gasteiger partial charge in [0.05, 0.1) is 24.3 Å². The van der Waals surface area contributed by atoms with Crippen molar-refractivity contribution in [2.24, 2.45) is 15.0 Å². The van der Waals surface area contributed by atoms with Gasteiger partial charge in [0, 0.05) is 62.4 Å². The lowest BCUT2D eigenvalue weighted by Crippen LogP contribution is -2.45. The van der Waals surface area contributed by atoms with Crippen molar-refractivity contribution < 1.29 is 14.3 Å². The van der Waals surface area contributed by atoms with Gasteiger partial charge < -0.3 is 15.0 Å². The van der Waals surface area contributed by atoms with Gasteiger partial charge in [-0.2, -0.15) is 5.10 Å². The van der Waals surface area contributed by atoms with Crippen LogP contribution in [0.4, 0.5) is 5.69 Å². The number of allylic oxidation sites excluding steroid dienone is 6. The molecule has 1 aliphatic heterocycles. The number of methoxy groups -OCH3 is 1. The molecule has 0 bridgehead atoms. The van der Waals surface area contributed by atoms with Crippen LogP contribution in [-0.4, -0.2) is 102 Å². The number of H-pyrrole nitrogens is 1. The number of anilines is 1. The molecule has 11 nitrogen and oxygen atoms in total. The number of likely N-dealkylation sites (N-methyl/N-ethyl adjacent to an activating group) is 2. The zero-order chi connectivity index (χ0) is 37.2. The molecule has 0 saturated heterocycles. The number of aliphatic imine (C=N–C) groups is 3. The summed E-state index contributed by atoms with van der Waals surface area (Å²) in [7, 11) is 3.38. The van der Waals surface area contributed by atoms with Crippen molar-refractivity contribution >= 4 is 52.2 Å². The van der Waals surface area contributed by atoms with Gasteiger partial charge in [-0.3, -0.25) is 29.6 Å². The number of amides is 2. The molecule has 1 aromatic carbocycles. The predicted molar refractivity (Wildman–Crippen MR) is 211 cm³/mol. The molecular weight excluding hydrogens is 640 g/mol. The fourth-order valence-electron chi connectivity index (χ4n) is 5.03. The van der Waals surface area contributed by atoms with E-state index in [0.29, 0.717) is 44.7 Å². The minimum atomic E-state index is -1.13. The molecule has 11 heteroatoms. The zero-order valence-corrected chi connectivity index (χ0v) is 30.6. The summed E-state index contributed by atoms with van der Waals surface area (Å²) in [5.41, 5.74) is 3.69. The van der Waals surface area contributed by atoms with Gasteiger partial charge in [-0.05, 0) is 94.8 Å². The quantitative estimate of drug-likeness (QED) is 0.110. The Morgan fingerprint density at radius 3 is 2.80 bits per heavy atom. The highest BCUT2D eigenvalue weighted by molar-refractivity contribution is 6.01. The van der Waals surface area contributed by atoms with Gasteiger partial charge in [0.1, 0.15) is 11.4 Å². The summed E-state index contributed by atoms with van der Waals surface area (Å²) in [6.45, 7) is 13.4. The molecule has 2 heterocycles. The van der Waals surface area contributed by atoms with Crippen molar-refractivity contribution in [3.63, 3.8) is 0 Å². The van der Waals surface area contributed by atoms with Crippen LogP contribution in [0, 0.1) is 12.3 Å². The van der Waals surface area contributed by atoms with Gasteiger partial charge in [-0.25, -0.2) is 4.99 Å². The molecule has 0 unspecified atom stereocenters. The first-order valence-electron chi connectivity index (χ1n) is 16.9. The van der Waals surface area contributed by atoms with Gasteiger partial charge in [0.25, 0.3) is 5.91 Å². The summed E-state index contributed by atoms with van der Waals surface area (Å²) in [6, 6.07) is 5.55. The van der Waals surface area contributed by atoms with E-state index in [1.165, 1.54) is 13.3 Å². The van der Waals surface area contributed by atoms with Crippen LogP contribution >= 0.6 is 0 Å². The number of amidine groups is 1. The first-order valence-corrected chi connectivity index (χ1v) is 16.9. The normalized spacial score (nSPS) is 15.3. The Hall–Kier alpha value is -5.44. The maximum Gasteiger partial charge on any atom is 0.256 e. The molecule has 0 aliphatic carbocycles. The Bertz CT molecular complexity index is 1830. The van der Waals surface area contributed by atoms with Gasteiger partial charge in [0.15, 0.2) is 0 Å². The standard InChI is InChI=1S/C40H50N8O3/c1-9-15-32(16-14-17-37-42-24-12-13-25-43-37)30(4)22-26-48(11-3)38(49)29-47(7)27-23-40(6,51-8)39(50)44-33-19-21-36-34(28-33)35(45-46-36)20-18-31(5)41-10-2/h1,10,12-16,18-22,24,28H,2,11,17,23,25-27,29H2,3-8H3,(H,44,50)(H,45,46)/b16-14-,20-18+,30-22+,32-15+,41-31?/t40-/m1/s1. The number of hydrogen-bond acceptors (Lipinski definition) is 8. The molecule has 1 atom stereocenters. The number of fused-ring (bicyclic) bond motifs is 1. The molecule has 3 rings (SSSR count). The summed E-state index contributed by atoms with van der Waals surface area (Å²) >= 11 is 0. The summed E-state index contributed by atoms with van der Waals surface area (Å²) in [5.74, 6) is 3.06. The van der Waals surface area contributed by atoms with E-state index in [9.17, 15) is 9.59 Å². The largest absolute Gasteiger partial charge is 0.369 e. The van der Waals surface area contributed by atoms with Crippen LogP contribution in [0.5, 0.6) is 0 Å². The molecule has 1 aromatic heterocycles. The first kappa shape index (κ1) is 40.0. The molecule has 2 amide bonds. The second-order valence-corrected chi connectivity index (χ2v) is 12.2. The highest BCUT2D eigenvalue weighted by Gasteiger charge is 2.33. The van der Waals surface area contributed by atoms with Crippen molar-refractivity contribution in [2.75, 3.05) is 52.2 Å². The number of hydrogen-bond donors (Lipinski definition) is 2. The molecule has 51 heavy (non-hydrogen) atoms. The van der Waals surface area contributed by atoms with Gasteiger partial charge in [-0.15, -0.1) is 6.42 Å². The predicted octanol–water partition coefficient (Wildman–Crippen LogP) is 6.19. The van der Waals surface area contributed by atoms with Crippen LogP contribution in [0.3, 0.4) is 0 Å². The highest BCUT2D eigenvalue weighted by Crippen LogP contribution is 2.24. The number of aromatic nitrogens is 2. The number of rotatable bonds is 18. The molecule has 0 saturated carbocycles. The van der Waals surface area contributed by atoms with Gasteiger partial charge in [-0.1, -0.05) is 36.8 Å². The summed E-state index contributed by atoms with van der Waals surface area (Å²) < 4.78 is 5.72. The smallest absolute Gasteiger partial charge is 0.256 e. The fraction of sp³-hybridized carbons (Fsp3) is 0.350. The number of nitrogens with zero attached hydrogens (tertiary/aromatic N) is 6. The average molecular weight is 691 g/mol. The molecule has 268 valence electrons. The summed E-state index contributed by atoms with van der Waals surface area (Å²) in [5, 5.41) is 11.2. The van der Waals surface area contributed by atoms with Gasteiger partial charge in [0.2, 0.25) is 5.91 Å². The number of benzene rings is 1.